The van der Waals surface area contributed by atoms with Crippen LogP contribution in [-0.4, -0.2) is 36.0 Å². The second-order valence-electron chi connectivity index (χ2n) is 3.78. The second-order valence-corrected chi connectivity index (χ2v) is 4.94. The zero-order valence-corrected chi connectivity index (χ0v) is 10.9. The lowest BCUT2D eigenvalue weighted by Gasteiger charge is -2.38. The fraction of sp³-hybridized carbons (Fsp3) is 0.500. The first kappa shape index (κ1) is 12.0. The third-order valence-corrected chi connectivity index (χ3v) is 3.45. The number of likely N-dealkylation sites (tertiary alicyclic amines) is 1. The lowest BCUT2D eigenvalue weighted by Crippen LogP contribution is -2.55. The molecular weight excluding hydrogens is 329 g/mol. The minimum absolute atomic E-state index is 0.179. The molecule has 0 bridgehead atoms. The highest BCUT2D eigenvalue weighted by molar-refractivity contribution is 14.1. The topological polar surface area (TPSA) is 25.4 Å². The lowest BCUT2D eigenvalue weighted by atomic mass is 10.1. The molecule has 1 aromatic heterocycles. The summed E-state index contributed by atoms with van der Waals surface area (Å²) in [4.78, 5) is 5.75. The summed E-state index contributed by atoms with van der Waals surface area (Å²) in [6.07, 6.45) is 1.65. The number of aromatic nitrogens is 1. The molecule has 0 unspecified atom stereocenters. The molecule has 0 atom stereocenters. The molecule has 88 valence electrons. The maximum absolute atomic E-state index is 12.7. The first-order valence-electron chi connectivity index (χ1n) is 4.79. The Labute approximate surface area is 106 Å². The smallest absolute Gasteiger partial charge is 0.272 e. The molecule has 0 aromatic carbocycles. The molecular formula is C10H11F2IN2O. The van der Waals surface area contributed by atoms with Crippen LogP contribution in [0.25, 0.3) is 0 Å². The van der Waals surface area contributed by atoms with Crippen molar-refractivity contribution in [1.82, 2.24) is 9.88 Å². The van der Waals surface area contributed by atoms with Gasteiger partial charge < -0.3 is 4.74 Å². The Morgan fingerprint density at radius 3 is 2.81 bits per heavy atom. The molecule has 1 saturated heterocycles. The summed E-state index contributed by atoms with van der Waals surface area (Å²) in [5.74, 6) is -2.01. The van der Waals surface area contributed by atoms with E-state index in [1.807, 2.05) is 6.07 Å². The number of pyridine rings is 1. The molecule has 0 saturated carbocycles. The maximum atomic E-state index is 12.7. The summed E-state index contributed by atoms with van der Waals surface area (Å²) in [7, 11) is 1.53. The van der Waals surface area contributed by atoms with Crippen LogP contribution in [0.5, 0.6) is 5.88 Å². The third-order valence-electron chi connectivity index (χ3n) is 2.44. The van der Waals surface area contributed by atoms with Crippen molar-refractivity contribution in [2.75, 3.05) is 20.2 Å². The van der Waals surface area contributed by atoms with Crippen molar-refractivity contribution in [1.29, 1.82) is 0 Å². The van der Waals surface area contributed by atoms with E-state index in [1.165, 1.54) is 7.11 Å². The van der Waals surface area contributed by atoms with Crippen LogP contribution in [0.2, 0.25) is 0 Å². The predicted octanol–water partition coefficient (Wildman–Crippen LogP) is 2.15. The van der Waals surface area contributed by atoms with Crippen LogP contribution < -0.4 is 4.74 Å². The van der Waals surface area contributed by atoms with Crippen LogP contribution in [0, 0.1) is 3.57 Å². The fourth-order valence-corrected chi connectivity index (χ4v) is 2.28. The molecule has 1 fully saturated rings. The molecule has 0 N–H and O–H groups in total. The lowest BCUT2D eigenvalue weighted by molar-refractivity contribution is -0.134. The molecule has 3 nitrogen and oxygen atoms in total. The van der Waals surface area contributed by atoms with Crippen molar-refractivity contribution < 1.29 is 13.5 Å². The van der Waals surface area contributed by atoms with Crippen LogP contribution in [-0.2, 0) is 6.54 Å². The van der Waals surface area contributed by atoms with E-state index < -0.39 is 5.92 Å². The first-order chi connectivity index (χ1) is 7.52. The molecule has 0 amide bonds. The van der Waals surface area contributed by atoms with Gasteiger partial charge in [0.15, 0.2) is 0 Å². The van der Waals surface area contributed by atoms with E-state index in [0.29, 0.717) is 12.4 Å². The normalized spacial score (nSPS) is 19.2. The van der Waals surface area contributed by atoms with E-state index >= 15 is 0 Å². The van der Waals surface area contributed by atoms with Crippen LogP contribution >= 0.6 is 22.6 Å². The Bertz CT molecular complexity index is 392. The van der Waals surface area contributed by atoms with Crippen LogP contribution in [0.15, 0.2) is 12.3 Å². The van der Waals surface area contributed by atoms with Crippen LogP contribution in [0.3, 0.4) is 0 Å². The number of nitrogens with zero attached hydrogens (tertiary/aromatic N) is 2. The van der Waals surface area contributed by atoms with Gasteiger partial charge in [-0.25, -0.2) is 13.8 Å². The van der Waals surface area contributed by atoms with Gasteiger partial charge in [0.2, 0.25) is 5.88 Å². The Morgan fingerprint density at radius 2 is 2.25 bits per heavy atom. The van der Waals surface area contributed by atoms with Crippen molar-refractivity contribution in [2.45, 2.75) is 12.5 Å². The van der Waals surface area contributed by atoms with Gasteiger partial charge >= 0.3 is 0 Å². The maximum Gasteiger partial charge on any atom is 0.272 e. The van der Waals surface area contributed by atoms with Gasteiger partial charge in [-0.3, -0.25) is 4.90 Å². The number of halogens is 3. The third kappa shape index (κ3) is 2.42. The van der Waals surface area contributed by atoms with E-state index in [4.69, 9.17) is 4.74 Å². The molecule has 0 aliphatic carbocycles. The van der Waals surface area contributed by atoms with Gasteiger partial charge in [-0.1, -0.05) is 0 Å². The monoisotopic (exact) mass is 340 g/mol. The number of alkyl halides is 2. The highest BCUT2D eigenvalue weighted by Crippen LogP contribution is 2.31. The largest absolute Gasteiger partial charge is 0.481 e. The zero-order chi connectivity index (χ0) is 11.8. The summed E-state index contributed by atoms with van der Waals surface area (Å²) < 4.78 is 31.5. The van der Waals surface area contributed by atoms with Gasteiger partial charge in [0.25, 0.3) is 5.92 Å². The standard InChI is InChI=1S/C10H11F2IN2O/c1-16-9-7(8(13)2-3-14-9)4-15-5-10(11,12)6-15/h2-3H,4-6H2,1H3. The van der Waals surface area contributed by atoms with Gasteiger partial charge in [0, 0.05) is 21.9 Å². The highest BCUT2D eigenvalue weighted by atomic mass is 127. The number of methoxy groups -OCH3 is 1. The van der Waals surface area contributed by atoms with E-state index in [-0.39, 0.29) is 13.1 Å². The summed E-state index contributed by atoms with van der Waals surface area (Å²) in [6.45, 7) is 0.104. The Hall–Kier alpha value is -0.500. The fourth-order valence-electron chi connectivity index (χ4n) is 1.71. The Morgan fingerprint density at radius 1 is 1.56 bits per heavy atom. The minimum atomic E-state index is -2.53. The molecule has 1 aliphatic heterocycles. The van der Waals surface area contributed by atoms with Crippen molar-refractivity contribution in [2.24, 2.45) is 0 Å². The number of hydrogen-bond acceptors (Lipinski definition) is 3. The van der Waals surface area contributed by atoms with E-state index in [1.54, 1.807) is 11.1 Å². The van der Waals surface area contributed by atoms with E-state index in [9.17, 15) is 8.78 Å². The van der Waals surface area contributed by atoms with Crippen LogP contribution in [0.4, 0.5) is 8.78 Å². The molecule has 0 spiro atoms. The van der Waals surface area contributed by atoms with E-state index in [2.05, 4.69) is 27.6 Å². The van der Waals surface area contributed by atoms with Gasteiger partial charge in [-0.05, 0) is 28.7 Å². The van der Waals surface area contributed by atoms with Crippen molar-refractivity contribution in [3.05, 3.63) is 21.4 Å². The molecule has 6 heteroatoms. The summed E-state index contributed by atoms with van der Waals surface area (Å²) >= 11 is 2.16. The molecule has 2 rings (SSSR count). The summed E-state index contributed by atoms with van der Waals surface area (Å²) in [6, 6.07) is 1.84. The second kappa shape index (κ2) is 4.40. The highest BCUT2D eigenvalue weighted by Gasteiger charge is 2.43. The quantitative estimate of drug-likeness (QED) is 0.789. The average Bonchev–Trinajstić information content (AvgIpc) is 2.18. The summed E-state index contributed by atoms with van der Waals surface area (Å²) in [5, 5.41) is 0. The van der Waals surface area contributed by atoms with Gasteiger partial charge in [0.1, 0.15) is 0 Å². The number of hydrogen-bond donors (Lipinski definition) is 0. The van der Waals surface area contributed by atoms with Gasteiger partial charge in [-0.15, -0.1) is 0 Å². The molecule has 1 aliphatic rings. The zero-order valence-electron chi connectivity index (χ0n) is 8.71. The molecule has 16 heavy (non-hydrogen) atoms. The van der Waals surface area contributed by atoms with Gasteiger partial charge in [-0.2, -0.15) is 0 Å². The Balaban J connectivity index is 2.10. The van der Waals surface area contributed by atoms with Crippen LogP contribution in [0.1, 0.15) is 5.56 Å². The molecule has 2 heterocycles. The number of rotatable bonds is 3. The first-order valence-corrected chi connectivity index (χ1v) is 5.87. The van der Waals surface area contributed by atoms with Crippen molar-refractivity contribution >= 4 is 22.6 Å². The summed E-state index contributed by atoms with van der Waals surface area (Å²) in [5.41, 5.74) is 0.876. The Kier molecular flexibility index (Phi) is 3.29. The van der Waals surface area contributed by atoms with Gasteiger partial charge in [0.05, 0.1) is 20.2 Å². The van der Waals surface area contributed by atoms with Crippen molar-refractivity contribution in [3.63, 3.8) is 0 Å². The predicted molar refractivity (Wildman–Crippen MR) is 63.7 cm³/mol. The minimum Gasteiger partial charge on any atom is -0.481 e. The molecule has 1 aromatic rings. The average molecular weight is 340 g/mol. The van der Waals surface area contributed by atoms with E-state index in [0.717, 1.165) is 9.13 Å². The SMILES string of the molecule is COc1nccc(I)c1CN1CC(F)(F)C1. The number of ether oxygens (including phenoxy) is 1. The van der Waals surface area contributed by atoms with Crippen molar-refractivity contribution in [3.8, 4) is 5.88 Å². The molecule has 0 radical (unpaired) electrons.